The fraction of sp³-hybridized carbons (Fsp3) is 0.182. The highest BCUT2D eigenvalue weighted by Crippen LogP contribution is 2.33. The lowest BCUT2D eigenvalue weighted by molar-refractivity contribution is -0.114. The van der Waals surface area contributed by atoms with Crippen molar-refractivity contribution in [3.05, 3.63) is 70.8 Å². The van der Waals surface area contributed by atoms with Crippen molar-refractivity contribution in [2.24, 2.45) is 5.10 Å². The van der Waals surface area contributed by atoms with Gasteiger partial charge in [0, 0.05) is 5.02 Å². The van der Waals surface area contributed by atoms with E-state index in [9.17, 15) is 4.79 Å². The lowest BCUT2D eigenvalue weighted by Gasteiger charge is -2.15. The highest BCUT2D eigenvalue weighted by molar-refractivity contribution is 6.34. The number of hydrogen-bond acceptors (Lipinski definition) is 4. The van der Waals surface area contributed by atoms with Gasteiger partial charge in [0.05, 0.1) is 24.1 Å². The van der Waals surface area contributed by atoms with Crippen molar-refractivity contribution in [3.63, 3.8) is 0 Å². The Morgan fingerprint density at radius 1 is 1.21 bits per heavy atom. The van der Waals surface area contributed by atoms with Crippen LogP contribution in [0.5, 0.6) is 11.5 Å². The van der Waals surface area contributed by atoms with Crippen LogP contribution in [0.3, 0.4) is 0 Å². The molecule has 1 aliphatic heterocycles. The van der Waals surface area contributed by atoms with Crippen molar-refractivity contribution in [2.45, 2.75) is 13.8 Å². The Morgan fingerprint density at radius 2 is 2.00 bits per heavy atom. The van der Waals surface area contributed by atoms with E-state index in [1.807, 2.05) is 32.0 Å². The summed E-state index contributed by atoms with van der Waals surface area (Å²) in [5.74, 6) is 0.997. The van der Waals surface area contributed by atoms with E-state index in [1.54, 1.807) is 37.5 Å². The fourth-order valence-corrected chi connectivity index (χ4v) is 3.05. The van der Waals surface area contributed by atoms with E-state index >= 15 is 0 Å². The summed E-state index contributed by atoms with van der Waals surface area (Å²) in [5.41, 5.74) is 3.44. The summed E-state index contributed by atoms with van der Waals surface area (Å²) in [6.45, 7) is 7.70. The van der Waals surface area contributed by atoms with Crippen LogP contribution in [0.2, 0.25) is 5.02 Å². The molecule has 28 heavy (non-hydrogen) atoms. The predicted molar refractivity (Wildman–Crippen MR) is 113 cm³/mol. The molecule has 0 N–H and O–H groups in total. The maximum absolute atomic E-state index is 13.0. The van der Waals surface area contributed by atoms with Crippen LogP contribution in [0.25, 0.3) is 6.08 Å². The lowest BCUT2D eigenvalue weighted by atomic mass is 10.1. The third-order valence-electron chi connectivity index (χ3n) is 4.39. The number of benzene rings is 2. The average Bonchev–Trinajstić information content (AvgIpc) is 2.97. The third-order valence-corrected chi connectivity index (χ3v) is 4.79. The van der Waals surface area contributed by atoms with Gasteiger partial charge in [-0.1, -0.05) is 36.4 Å². The number of ether oxygens (including phenoxy) is 2. The van der Waals surface area contributed by atoms with Gasteiger partial charge in [-0.15, -0.1) is 0 Å². The molecular formula is C22H21ClN2O3. The minimum absolute atomic E-state index is 0.200. The molecule has 0 saturated heterocycles. The summed E-state index contributed by atoms with van der Waals surface area (Å²) in [6, 6.07) is 10.9. The summed E-state index contributed by atoms with van der Waals surface area (Å²) in [4.78, 5) is 13.0. The molecule has 6 heteroatoms. The number of carbonyl (C=O) groups excluding carboxylic acids is 1. The molecule has 1 amide bonds. The predicted octanol–water partition coefficient (Wildman–Crippen LogP) is 5.03. The monoisotopic (exact) mass is 396 g/mol. The molecule has 1 heterocycles. The number of amides is 1. The Kier molecular flexibility index (Phi) is 5.85. The number of nitrogens with zero attached hydrogens (tertiary/aromatic N) is 2. The Labute approximate surface area is 169 Å². The van der Waals surface area contributed by atoms with Crippen LogP contribution in [0.15, 0.2) is 59.7 Å². The van der Waals surface area contributed by atoms with Crippen molar-refractivity contribution < 1.29 is 14.3 Å². The lowest BCUT2D eigenvalue weighted by Crippen LogP contribution is -2.22. The number of halogens is 1. The molecule has 0 aromatic heterocycles. The van der Waals surface area contributed by atoms with Crippen LogP contribution in [0, 0.1) is 6.92 Å². The van der Waals surface area contributed by atoms with Crippen LogP contribution >= 0.6 is 11.6 Å². The van der Waals surface area contributed by atoms with Crippen molar-refractivity contribution in [1.82, 2.24) is 0 Å². The molecular weight excluding hydrogens is 376 g/mol. The van der Waals surface area contributed by atoms with Gasteiger partial charge in [0.1, 0.15) is 6.61 Å². The molecule has 0 atom stereocenters. The first kappa shape index (κ1) is 19.7. The van der Waals surface area contributed by atoms with E-state index < -0.39 is 0 Å². The molecule has 1 aliphatic rings. The number of carbonyl (C=O) groups is 1. The maximum atomic E-state index is 13.0. The van der Waals surface area contributed by atoms with E-state index in [1.165, 1.54) is 5.01 Å². The number of rotatable bonds is 6. The first-order chi connectivity index (χ1) is 13.5. The summed E-state index contributed by atoms with van der Waals surface area (Å²) < 4.78 is 11.0. The van der Waals surface area contributed by atoms with Gasteiger partial charge in [0.15, 0.2) is 11.5 Å². The molecule has 5 nitrogen and oxygen atoms in total. The minimum atomic E-state index is -0.200. The Bertz CT molecular complexity index is 995. The topological polar surface area (TPSA) is 51.1 Å². The summed E-state index contributed by atoms with van der Waals surface area (Å²) in [7, 11) is 1.57. The number of hydrogen-bond donors (Lipinski definition) is 0. The van der Waals surface area contributed by atoms with Gasteiger partial charge >= 0.3 is 0 Å². The average molecular weight is 397 g/mol. The van der Waals surface area contributed by atoms with E-state index in [2.05, 4.69) is 11.7 Å². The zero-order valence-electron chi connectivity index (χ0n) is 16.0. The fourth-order valence-electron chi connectivity index (χ4n) is 2.88. The van der Waals surface area contributed by atoms with Crippen molar-refractivity contribution in [2.75, 3.05) is 18.7 Å². The van der Waals surface area contributed by atoms with Crippen molar-refractivity contribution in [3.8, 4) is 11.5 Å². The highest BCUT2D eigenvalue weighted by atomic mass is 35.5. The molecule has 144 valence electrons. The Morgan fingerprint density at radius 3 is 2.71 bits per heavy atom. The van der Waals surface area contributed by atoms with E-state index in [4.69, 9.17) is 21.1 Å². The number of anilines is 1. The standard InChI is InChI=1S/C22H21ClN2O3/c1-5-11-28-20-10-9-16(13-21(20)27-4)12-17-15(3)24-25(22(17)26)19-8-6-7-18(23)14(19)2/h5-10,12-13H,1,11H2,2-4H3/b17-12+. The van der Waals surface area contributed by atoms with Crippen molar-refractivity contribution in [1.29, 1.82) is 0 Å². The van der Waals surface area contributed by atoms with Gasteiger partial charge in [-0.05, 0) is 55.3 Å². The molecule has 2 aromatic rings. The largest absolute Gasteiger partial charge is 0.493 e. The van der Waals surface area contributed by atoms with Gasteiger partial charge in [-0.3, -0.25) is 4.79 Å². The van der Waals surface area contributed by atoms with Gasteiger partial charge in [-0.25, -0.2) is 0 Å². The molecule has 0 fully saturated rings. The normalized spacial score (nSPS) is 15.0. The summed E-state index contributed by atoms with van der Waals surface area (Å²) in [5, 5.41) is 6.41. The molecule has 0 saturated carbocycles. The number of hydrazone groups is 1. The Hall–Kier alpha value is -3.05. The maximum Gasteiger partial charge on any atom is 0.280 e. The molecule has 0 spiro atoms. The zero-order chi connectivity index (χ0) is 20.3. The zero-order valence-corrected chi connectivity index (χ0v) is 16.8. The van der Waals surface area contributed by atoms with E-state index in [0.29, 0.717) is 40.1 Å². The van der Waals surface area contributed by atoms with Crippen LogP contribution < -0.4 is 14.5 Å². The van der Waals surface area contributed by atoms with Crippen LogP contribution in [0.4, 0.5) is 5.69 Å². The molecule has 0 unspecified atom stereocenters. The quantitative estimate of drug-likeness (QED) is 0.508. The summed E-state index contributed by atoms with van der Waals surface area (Å²) >= 11 is 6.19. The smallest absolute Gasteiger partial charge is 0.280 e. The first-order valence-corrected chi connectivity index (χ1v) is 9.12. The van der Waals surface area contributed by atoms with Crippen LogP contribution in [-0.2, 0) is 4.79 Å². The van der Waals surface area contributed by atoms with Gasteiger partial charge in [-0.2, -0.15) is 10.1 Å². The minimum Gasteiger partial charge on any atom is -0.493 e. The van der Waals surface area contributed by atoms with E-state index in [0.717, 1.165) is 11.1 Å². The van der Waals surface area contributed by atoms with Gasteiger partial charge in [0.25, 0.3) is 5.91 Å². The van der Waals surface area contributed by atoms with Crippen LogP contribution in [-0.4, -0.2) is 25.3 Å². The first-order valence-electron chi connectivity index (χ1n) is 8.74. The number of methoxy groups -OCH3 is 1. The molecule has 0 radical (unpaired) electrons. The van der Waals surface area contributed by atoms with Crippen LogP contribution in [0.1, 0.15) is 18.1 Å². The van der Waals surface area contributed by atoms with Crippen molar-refractivity contribution >= 4 is 35.0 Å². The van der Waals surface area contributed by atoms with Gasteiger partial charge in [0.2, 0.25) is 0 Å². The molecule has 0 aliphatic carbocycles. The summed E-state index contributed by atoms with van der Waals surface area (Å²) in [6.07, 6.45) is 3.46. The SMILES string of the molecule is C=CCOc1ccc(/C=C2/C(=O)N(c3cccc(Cl)c3C)N=C2C)cc1OC. The molecule has 0 bridgehead atoms. The Balaban J connectivity index is 1.93. The van der Waals surface area contributed by atoms with Gasteiger partial charge < -0.3 is 9.47 Å². The second kappa shape index (κ2) is 8.31. The molecule has 2 aromatic carbocycles. The third kappa shape index (κ3) is 3.80. The second-order valence-corrected chi connectivity index (χ2v) is 6.66. The highest BCUT2D eigenvalue weighted by Gasteiger charge is 2.30. The molecule has 3 rings (SSSR count). The second-order valence-electron chi connectivity index (χ2n) is 6.25. The van der Waals surface area contributed by atoms with E-state index in [-0.39, 0.29) is 5.91 Å².